The average Bonchev–Trinajstić information content (AvgIpc) is 2.88. The molecule has 0 heterocycles. The van der Waals surface area contributed by atoms with E-state index in [1.54, 1.807) is 33.9 Å². The Balaban J connectivity index is -0.000000394. The van der Waals surface area contributed by atoms with E-state index in [0.717, 1.165) is 49.9 Å². The smallest absolute Gasteiger partial charge is 0.859 e. The maximum absolute atomic E-state index is 10.2. The first kappa shape index (κ1) is 59.7. The second kappa shape index (κ2) is 28.5. The summed E-state index contributed by atoms with van der Waals surface area (Å²) in [4.78, 5) is 24.1. The summed E-state index contributed by atoms with van der Waals surface area (Å²) in [7, 11) is -1.53. The molecule has 0 atom stereocenters. The zero-order valence-electron chi connectivity index (χ0n) is 38.9. The zero-order chi connectivity index (χ0) is 41.0. The average molecular weight is 852 g/mol. The molecule has 0 spiro atoms. The molecule has 0 bridgehead atoms. The molecule has 0 aromatic heterocycles. The molecule has 308 valence electrons. The van der Waals surface area contributed by atoms with E-state index in [9.17, 15) is 4.80 Å². The van der Waals surface area contributed by atoms with Gasteiger partial charge < -0.3 is 42.3 Å². The molecule has 0 unspecified atom stereocenters. The van der Waals surface area contributed by atoms with Gasteiger partial charge in [-0.3, -0.25) is 9.98 Å². The number of nitrogens with one attached hydrogen (secondary N) is 2. The maximum atomic E-state index is 10.2. The van der Waals surface area contributed by atoms with Crippen LogP contribution in [0.25, 0.3) is 0 Å². The van der Waals surface area contributed by atoms with Crippen molar-refractivity contribution in [2.75, 3.05) is 41.4 Å². The molecule has 11 nitrogen and oxygen atoms in total. The normalized spacial score (nSPS) is 13.4. The van der Waals surface area contributed by atoms with Crippen LogP contribution in [0.4, 0.5) is 0 Å². The van der Waals surface area contributed by atoms with Crippen molar-refractivity contribution < 1.29 is 73.3 Å². The monoisotopic (exact) mass is 851 g/mol. The molecule has 0 aromatic carbocycles. The largest absolute Gasteiger partial charge is 1.00 e. The van der Waals surface area contributed by atoms with Crippen molar-refractivity contribution in [3.05, 3.63) is 0 Å². The Bertz CT molecular complexity index is 949. The number of guanidine groups is 2. The Hall–Kier alpha value is 1.06. The van der Waals surface area contributed by atoms with Crippen LogP contribution >= 0.6 is 0 Å². The van der Waals surface area contributed by atoms with Crippen LogP contribution in [-0.2, 0) is 17.1 Å². The molecule has 0 saturated heterocycles. The van der Waals surface area contributed by atoms with Gasteiger partial charge in [0.2, 0.25) is 0 Å². The third-order valence-electron chi connectivity index (χ3n) is 6.48. The zero-order valence-corrected chi connectivity index (χ0v) is 47.0. The molecule has 2 N–H and O–H groups in total. The third kappa shape index (κ3) is 39.3. The Morgan fingerprint density at radius 3 is 1.06 bits per heavy atom. The van der Waals surface area contributed by atoms with Crippen LogP contribution in [0, 0.1) is 0 Å². The van der Waals surface area contributed by atoms with Gasteiger partial charge in [-0.25, -0.2) is 0 Å². The van der Waals surface area contributed by atoms with E-state index in [-0.39, 0.29) is 63.5 Å². The van der Waals surface area contributed by atoms with Crippen LogP contribution in [0.2, 0.25) is 84.1 Å². The summed E-state index contributed by atoms with van der Waals surface area (Å²) >= 11 is 0. The molecule has 0 radical (unpaired) electrons. The first-order chi connectivity index (χ1) is 22.8. The van der Waals surface area contributed by atoms with Gasteiger partial charge in [0.1, 0.15) is 0 Å². The minimum absolute atomic E-state index is 0. The van der Waals surface area contributed by atoms with Crippen LogP contribution < -0.4 is 66.8 Å². The first-order valence-electron chi connectivity index (χ1n) is 19.1. The summed E-state index contributed by atoms with van der Waals surface area (Å²) < 4.78 is 24.2. The van der Waals surface area contributed by atoms with Gasteiger partial charge in [0.15, 0.2) is 28.6 Å². The van der Waals surface area contributed by atoms with Gasteiger partial charge in [-0.2, -0.15) is 0 Å². The molecule has 0 saturated carbocycles. The first-order valence-corrected chi connectivity index (χ1v) is 34.4. The van der Waals surface area contributed by atoms with Gasteiger partial charge in [-0.15, -0.1) is 0 Å². The van der Waals surface area contributed by atoms with E-state index >= 15 is 0 Å². The minimum atomic E-state index is -2.15. The van der Waals surface area contributed by atoms with Crippen LogP contribution in [0.1, 0.15) is 68.2 Å². The molecular weight excluding hydrogens is 764 g/mol. The van der Waals surface area contributed by atoms with Crippen LogP contribution in [0.3, 0.4) is 0 Å². The van der Waals surface area contributed by atoms with Crippen LogP contribution in [0.15, 0.2) is 9.98 Å². The number of rotatable bonds is 18. The van der Waals surface area contributed by atoms with Crippen molar-refractivity contribution >= 4 is 54.0 Å². The number of hydrogen-bond donors (Lipinski definition) is 2. The summed E-state index contributed by atoms with van der Waals surface area (Å²) in [5, 5.41) is 6.88. The molecule has 0 amide bonds. The molecule has 0 rings (SSSR count). The Morgan fingerprint density at radius 2 is 0.846 bits per heavy atom. The molecule has 17 heteroatoms. The van der Waals surface area contributed by atoms with Gasteiger partial charge >= 0.3 is 68.5 Å². The number of nitrogens with zero attached hydrogens (tertiary/aromatic N) is 4. The standard InChI is InChI=1S/C18H45N3O2Si3.C14H33N3O2Si.C3H9OSi.K/c1-16(2)19-18(20-17(3)4)21(5)14-13-15-26(12,22-24(6,7)8)23-25(9,10)11;1-12(2)15-14(16-13(3)4)17(5)10-9-11-20(8,18-6)19-7;1-5(2,3)4;/h16-17H,13-15H2,1-12H3,(H,19,20);12-13H,9-11H2,1-8H3,(H,15,16);1-3H3;/q;;-1;+1. The SMILES string of the molecule is CC(C)N=C(NC(C)C)N(C)CCC[Si](C)(O[Si](C)(C)C)O[Si](C)(C)C.CO[Si](C)(CCCN(C)C(=NC(C)C)NC(C)C)OC.C[Si](C)(C)[O-].[K+]. The topological polar surface area (TPSA) is 115 Å². The van der Waals surface area contributed by atoms with Crippen molar-refractivity contribution in [3.63, 3.8) is 0 Å². The van der Waals surface area contributed by atoms with E-state index in [1.807, 2.05) is 0 Å². The number of aliphatic imine (C=N–C) groups is 2. The Kier molecular flexibility index (Phi) is 32.7. The predicted molar refractivity (Wildman–Crippen MR) is 235 cm³/mol. The van der Waals surface area contributed by atoms with Crippen molar-refractivity contribution in [1.29, 1.82) is 0 Å². The fourth-order valence-corrected chi connectivity index (χ4v) is 18.6. The van der Waals surface area contributed by atoms with Gasteiger partial charge in [-0.05, 0) is 133 Å². The fourth-order valence-electron chi connectivity index (χ4n) is 4.69. The van der Waals surface area contributed by atoms with E-state index in [1.165, 1.54) is 0 Å². The van der Waals surface area contributed by atoms with Crippen molar-refractivity contribution in [2.45, 2.75) is 177 Å². The molecule has 0 aliphatic rings. The fraction of sp³-hybridized carbons (Fsp3) is 0.943. The van der Waals surface area contributed by atoms with Gasteiger partial charge in [-0.1, -0.05) is 28.0 Å². The molecular formula is C35H87KN6O5Si5. The Morgan fingerprint density at radius 1 is 0.577 bits per heavy atom. The van der Waals surface area contributed by atoms with Crippen molar-refractivity contribution in [3.8, 4) is 0 Å². The second-order valence-corrected chi connectivity index (χ2v) is 38.6. The van der Waals surface area contributed by atoms with E-state index in [0.29, 0.717) is 12.1 Å². The van der Waals surface area contributed by atoms with Crippen LogP contribution in [0.5, 0.6) is 0 Å². The minimum Gasteiger partial charge on any atom is -0.859 e. The summed E-state index contributed by atoms with van der Waals surface area (Å²) in [6, 6.07) is 3.34. The summed E-state index contributed by atoms with van der Waals surface area (Å²) in [6.07, 6.45) is 2.10. The molecule has 0 aliphatic carbocycles. The van der Waals surface area contributed by atoms with Crippen LogP contribution in [-0.4, -0.2) is 129 Å². The summed E-state index contributed by atoms with van der Waals surface area (Å²) in [5.41, 5.74) is 0. The third-order valence-corrected chi connectivity index (χ3v) is 19.1. The number of hydrogen-bond acceptors (Lipinski definition) is 7. The van der Waals surface area contributed by atoms with E-state index < -0.39 is 42.1 Å². The molecule has 0 aliphatic heterocycles. The predicted octanol–water partition coefficient (Wildman–Crippen LogP) is 4.47. The van der Waals surface area contributed by atoms with Crippen molar-refractivity contribution in [2.24, 2.45) is 9.98 Å². The quantitative estimate of drug-likeness (QED) is 0.117. The molecule has 52 heavy (non-hydrogen) atoms. The van der Waals surface area contributed by atoms with Gasteiger partial charge in [0.05, 0.1) is 0 Å². The molecule has 0 aromatic rings. The van der Waals surface area contributed by atoms with Gasteiger partial charge in [0.25, 0.3) is 0 Å². The van der Waals surface area contributed by atoms with Crippen molar-refractivity contribution in [1.82, 2.24) is 20.4 Å². The Labute approximate surface area is 372 Å². The summed E-state index contributed by atoms with van der Waals surface area (Å²) in [6.45, 7) is 42.1. The maximum Gasteiger partial charge on any atom is 1.00 e. The second-order valence-electron chi connectivity index (χ2n) is 18.0. The van der Waals surface area contributed by atoms with E-state index in [2.05, 4.69) is 147 Å². The van der Waals surface area contributed by atoms with Gasteiger partial charge in [0, 0.05) is 65.6 Å². The molecule has 0 fully saturated rings. The summed E-state index contributed by atoms with van der Waals surface area (Å²) in [5.74, 6) is 1.95. The van der Waals surface area contributed by atoms with E-state index in [4.69, 9.17) is 22.1 Å².